The molecular weight excluding hydrogens is 372 g/mol. The SMILES string of the molecule is C[C@H](CO)NC(=O)Nc1nc2c(s1)[C@@H]1COC[C@H](C2)N1C(=O)OC(C)(C)C. The monoisotopic (exact) mass is 398 g/mol. The number of rotatable bonds is 3. The molecule has 0 aliphatic carbocycles. The first-order valence-electron chi connectivity index (χ1n) is 8.95. The van der Waals surface area contributed by atoms with Crippen LogP contribution >= 0.6 is 11.3 Å². The number of aliphatic hydroxyl groups is 1. The zero-order valence-corrected chi connectivity index (χ0v) is 16.8. The molecule has 1 aromatic rings. The van der Waals surface area contributed by atoms with E-state index >= 15 is 0 Å². The number of urea groups is 1. The van der Waals surface area contributed by atoms with Crippen molar-refractivity contribution >= 4 is 28.6 Å². The number of aromatic nitrogens is 1. The summed E-state index contributed by atoms with van der Waals surface area (Å²) in [6.07, 6.45) is 0.196. The predicted octanol–water partition coefficient (Wildman–Crippen LogP) is 1.88. The molecule has 150 valence electrons. The number of amides is 3. The van der Waals surface area contributed by atoms with Crippen molar-refractivity contribution in [1.29, 1.82) is 0 Å². The molecule has 27 heavy (non-hydrogen) atoms. The Morgan fingerprint density at radius 2 is 2.19 bits per heavy atom. The smallest absolute Gasteiger partial charge is 0.411 e. The molecule has 0 radical (unpaired) electrons. The van der Waals surface area contributed by atoms with Crippen LogP contribution in [-0.2, 0) is 15.9 Å². The fourth-order valence-corrected chi connectivity index (χ4v) is 4.20. The first-order chi connectivity index (χ1) is 12.7. The molecule has 1 aromatic heterocycles. The van der Waals surface area contributed by atoms with E-state index < -0.39 is 11.6 Å². The van der Waals surface area contributed by atoms with Crippen molar-refractivity contribution in [3.8, 4) is 0 Å². The van der Waals surface area contributed by atoms with Gasteiger partial charge < -0.3 is 19.9 Å². The quantitative estimate of drug-likeness (QED) is 0.717. The van der Waals surface area contributed by atoms with Crippen molar-refractivity contribution in [2.75, 3.05) is 25.1 Å². The molecule has 3 rings (SSSR count). The first kappa shape index (κ1) is 19.8. The Kier molecular flexibility index (Phi) is 5.59. The lowest BCUT2D eigenvalue weighted by atomic mass is 9.97. The second-order valence-corrected chi connectivity index (χ2v) is 8.84. The molecule has 3 heterocycles. The van der Waals surface area contributed by atoms with E-state index in [1.165, 1.54) is 11.3 Å². The highest BCUT2D eigenvalue weighted by Crippen LogP contribution is 2.41. The third kappa shape index (κ3) is 4.50. The molecule has 0 unspecified atom stereocenters. The standard InChI is InChI=1S/C17H26N4O5S/c1-9(6-22)18-14(23)20-15-19-11-5-10-7-25-8-12(13(11)27-15)21(10)16(24)26-17(2,3)4/h9-10,12,22H,5-8H2,1-4H3,(H2,18,19,20,23)/t9-,10+,12+/m1/s1. The van der Waals surface area contributed by atoms with Crippen molar-refractivity contribution in [2.45, 2.75) is 57.8 Å². The van der Waals surface area contributed by atoms with Gasteiger partial charge in [0.05, 0.1) is 48.5 Å². The minimum absolute atomic E-state index is 0.135. The lowest BCUT2D eigenvalue weighted by Crippen LogP contribution is -2.55. The molecule has 3 atom stereocenters. The van der Waals surface area contributed by atoms with Crippen LogP contribution in [0.3, 0.4) is 0 Å². The summed E-state index contributed by atoms with van der Waals surface area (Å²) < 4.78 is 11.2. The van der Waals surface area contributed by atoms with Crippen LogP contribution in [-0.4, -0.2) is 64.6 Å². The van der Waals surface area contributed by atoms with Gasteiger partial charge in [-0.15, -0.1) is 0 Å². The lowest BCUT2D eigenvalue weighted by Gasteiger charge is -2.44. The van der Waals surface area contributed by atoms with Crippen LogP contribution < -0.4 is 10.6 Å². The van der Waals surface area contributed by atoms with Gasteiger partial charge in [-0.25, -0.2) is 14.6 Å². The molecular formula is C17H26N4O5S. The summed E-state index contributed by atoms with van der Waals surface area (Å²) in [5, 5.41) is 14.8. The van der Waals surface area contributed by atoms with Crippen LogP contribution in [0, 0.1) is 0 Å². The van der Waals surface area contributed by atoms with Crippen LogP contribution in [0.25, 0.3) is 0 Å². The summed E-state index contributed by atoms with van der Waals surface area (Å²) in [6, 6.07) is -1.18. The molecule has 2 bridgehead atoms. The van der Waals surface area contributed by atoms with Crippen LogP contribution in [0.5, 0.6) is 0 Å². The number of morpholine rings is 1. The number of thiazole rings is 1. The number of aliphatic hydroxyl groups excluding tert-OH is 1. The molecule has 0 spiro atoms. The van der Waals surface area contributed by atoms with Gasteiger partial charge in [-0.3, -0.25) is 10.2 Å². The fourth-order valence-electron chi connectivity index (χ4n) is 3.13. The van der Waals surface area contributed by atoms with Crippen LogP contribution in [0.15, 0.2) is 0 Å². The van der Waals surface area contributed by atoms with Gasteiger partial charge in [0, 0.05) is 6.42 Å². The number of hydrogen-bond acceptors (Lipinski definition) is 7. The zero-order valence-electron chi connectivity index (χ0n) is 15.9. The van der Waals surface area contributed by atoms with E-state index in [1.54, 1.807) is 11.8 Å². The van der Waals surface area contributed by atoms with Gasteiger partial charge in [0.1, 0.15) is 5.60 Å². The number of nitrogens with zero attached hydrogens (tertiary/aromatic N) is 2. The van der Waals surface area contributed by atoms with E-state index in [2.05, 4.69) is 15.6 Å². The summed E-state index contributed by atoms with van der Waals surface area (Å²) in [6.45, 7) is 7.88. The Bertz CT molecular complexity index is 717. The van der Waals surface area contributed by atoms with Gasteiger partial charge >= 0.3 is 12.1 Å². The molecule has 0 saturated carbocycles. The van der Waals surface area contributed by atoms with Crippen molar-refractivity contribution in [2.24, 2.45) is 0 Å². The maximum absolute atomic E-state index is 12.7. The highest BCUT2D eigenvalue weighted by Gasteiger charge is 2.44. The topological polar surface area (TPSA) is 113 Å². The average Bonchev–Trinajstić information content (AvgIpc) is 2.94. The van der Waals surface area contributed by atoms with E-state index in [9.17, 15) is 9.59 Å². The Labute approximate surface area is 162 Å². The third-order valence-electron chi connectivity index (χ3n) is 4.25. The summed E-state index contributed by atoms with van der Waals surface area (Å²) in [4.78, 5) is 31.9. The second kappa shape index (κ2) is 7.61. The number of nitrogens with one attached hydrogen (secondary N) is 2. The summed E-state index contributed by atoms with van der Waals surface area (Å²) in [7, 11) is 0. The zero-order chi connectivity index (χ0) is 19.8. The molecule has 2 aliphatic heterocycles. The normalized spacial score (nSPS) is 22.6. The van der Waals surface area contributed by atoms with Gasteiger partial charge in [-0.05, 0) is 27.7 Å². The van der Waals surface area contributed by atoms with Crippen molar-refractivity contribution in [3.05, 3.63) is 10.6 Å². The maximum Gasteiger partial charge on any atom is 0.411 e. The molecule has 2 aliphatic rings. The van der Waals surface area contributed by atoms with Crippen LogP contribution in [0.4, 0.5) is 14.7 Å². The average molecular weight is 398 g/mol. The van der Waals surface area contributed by atoms with E-state index in [0.717, 1.165) is 10.6 Å². The number of fused-ring (bicyclic) bond motifs is 4. The molecule has 0 aromatic carbocycles. The highest BCUT2D eigenvalue weighted by molar-refractivity contribution is 7.16. The summed E-state index contributed by atoms with van der Waals surface area (Å²) in [5.41, 5.74) is 0.303. The minimum Gasteiger partial charge on any atom is -0.444 e. The van der Waals surface area contributed by atoms with E-state index in [4.69, 9.17) is 14.6 Å². The largest absolute Gasteiger partial charge is 0.444 e. The van der Waals surface area contributed by atoms with Gasteiger partial charge in [0.15, 0.2) is 5.13 Å². The van der Waals surface area contributed by atoms with E-state index in [-0.39, 0.29) is 30.8 Å². The number of hydrogen-bond donors (Lipinski definition) is 3. The van der Waals surface area contributed by atoms with Gasteiger partial charge in [0.2, 0.25) is 0 Å². The first-order valence-corrected chi connectivity index (χ1v) is 9.76. The van der Waals surface area contributed by atoms with Crippen molar-refractivity contribution in [3.63, 3.8) is 0 Å². The van der Waals surface area contributed by atoms with Crippen LogP contribution in [0.2, 0.25) is 0 Å². The summed E-state index contributed by atoms with van der Waals surface area (Å²) in [5.74, 6) is 0. The molecule has 1 saturated heterocycles. The number of anilines is 1. The summed E-state index contributed by atoms with van der Waals surface area (Å²) >= 11 is 1.33. The maximum atomic E-state index is 12.7. The molecule has 1 fully saturated rings. The van der Waals surface area contributed by atoms with E-state index in [1.807, 2.05) is 20.8 Å². The third-order valence-corrected chi connectivity index (χ3v) is 5.36. The molecule has 9 nitrogen and oxygen atoms in total. The Morgan fingerprint density at radius 1 is 1.44 bits per heavy atom. The fraction of sp³-hybridized carbons (Fsp3) is 0.706. The minimum atomic E-state index is -0.575. The number of carbonyl (C=O) groups excluding carboxylic acids is 2. The van der Waals surface area contributed by atoms with Crippen molar-refractivity contribution in [1.82, 2.24) is 15.2 Å². The van der Waals surface area contributed by atoms with Crippen LogP contribution in [0.1, 0.15) is 44.3 Å². The Balaban J connectivity index is 1.77. The molecule has 10 heteroatoms. The Hall–Kier alpha value is -1.91. The van der Waals surface area contributed by atoms with Gasteiger partial charge in [-0.1, -0.05) is 11.3 Å². The highest BCUT2D eigenvalue weighted by atomic mass is 32.1. The molecule has 3 N–H and O–H groups in total. The second-order valence-electron chi connectivity index (χ2n) is 7.81. The van der Waals surface area contributed by atoms with Gasteiger partial charge in [-0.2, -0.15) is 0 Å². The lowest BCUT2D eigenvalue weighted by molar-refractivity contribution is -0.0666. The number of carbonyl (C=O) groups is 2. The predicted molar refractivity (Wildman–Crippen MR) is 99.9 cm³/mol. The number of ether oxygens (including phenoxy) is 2. The van der Waals surface area contributed by atoms with E-state index in [0.29, 0.717) is 24.8 Å². The van der Waals surface area contributed by atoms with Gasteiger partial charge in [0.25, 0.3) is 0 Å². The Morgan fingerprint density at radius 3 is 2.85 bits per heavy atom. The molecule has 3 amide bonds. The van der Waals surface area contributed by atoms with Crippen molar-refractivity contribution < 1.29 is 24.2 Å².